The van der Waals surface area contributed by atoms with Gasteiger partial charge in [0.05, 0.1) is 6.04 Å². The molecule has 1 nitrogen and oxygen atoms in total. The minimum Gasteiger partial charge on any atom is -0.309 e. The van der Waals surface area contributed by atoms with E-state index in [0.29, 0.717) is 0 Å². The number of nitrogens with one attached hydrogen (secondary N) is 1. The average Bonchev–Trinajstić information content (AvgIpc) is 2.71. The first-order valence-electron chi connectivity index (χ1n) is 5.30. The minimum atomic E-state index is -0.814. The quantitative estimate of drug-likeness (QED) is 0.880. The average molecular weight is 253 g/mol. The van der Waals surface area contributed by atoms with Crippen LogP contribution < -0.4 is 5.32 Å². The number of benzene rings is 1. The molecule has 0 fully saturated rings. The van der Waals surface area contributed by atoms with Gasteiger partial charge < -0.3 is 5.32 Å². The third-order valence-electron chi connectivity index (χ3n) is 2.61. The molecule has 4 heteroatoms. The minimum absolute atomic E-state index is 0.0937. The van der Waals surface area contributed by atoms with Crippen LogP contribution in [0.2, 0.25) is 0 Å². The van der Waals surface area contributed by atoms with E-state index in [1.807, 2.05) is 19.1 Å². The predicted octanol–water partition coefficient (Wildman–Crippen LogP) is 3.64. The Hall–Kier alpha value is -1.26. The largest absolute Gasteiger partial charge is 0.309 e. The van der Waals surface area contributed by atoms with Gasteiger partial charge in [-0.25, -0.2) is 8.78 Å². The predicted molar refractivity (Wildman–Crippen MR) is 66.3 cm³/mol. The molecular weight excluding hydrogens is 240 g/mol. The number of thiophene rings is 1. The van der Waals surface area contributed by atoms with Crippen molar-refractivity contribution in [2.75, 3.05) is 7.05 Å². The van der Waals surface area contributed by atoms with Crippen molar-refractivity contribution in [3.8, 4) is 0 Å². The zero-order valence-corrected chi connectivity index (χ0v) is 10.4. The van der Waals surface area contributed by atoms with Gasteiger partial charge in [0.1, 0.15) is 0 Å². The van der Waals surface area contributed by atoms with Crippen molar-refractivity contribution in [3.63, 3.8) is 0 Å². The SMILES string of the molecule is CNC(c1ccc(F)c(F)c1)c1ccc(C)s1. The van der Waals surface area contributed by atoms with Gasteiger partial charge in [-0.05, 0) is 43.8 Å². The third-order valence-corrected chi connectivity index (χ3v) is 3.68. The van der Waals surface area contributed by atoms with Gasteiger partial charge in [-0.2, -0.15) is 0 Å². The highest BCUT2D eigenvalue weighted by molar-refractivity contribution is 7.12. The van der Waals surface area contributed by atoms with Crippen LogP contribution in [0.25, 0.3) is 0 Å². The summed E-state index contributed by atoms with van der Waals surface area (Å²) in [5.41, 5.74) is 0.730. The summed E-state index contributed by atoms with van der Waals surface area (Å²) >= 11 is 1.65. The molecule has 2 aromatic rings. The molecule has 90 valence electrons. The highest BCUT2D eigenvalue weighted by Crippen LogP contribution is 2.28. The van der Waals surface area contributed by atoms with E-state index in [0.717, 1.165) is 16.5 Å². The lowest BCUT2D eigenvalue weighted by atomic mass is 10.1. The Morgan fingerprint density at radius 1 is 1.12 bits per heavy atom. The lowest BCUT2D eigenvalue weighted by Gasteiger charge is -2.15. The summed E-state index contributed by atoms with van der Waals surface area (Å²) in [6.07, 6.45) is 0. The van der Waals surface area contributed by atoms with E-state index in [1.54, 1.807) is 24.5 Å². The van der Waals surface area contributed by atoms with Crippen molar-refractivity contribution in [1.29, 1.82) is 0 Å². The molecule has 1 unspecified atom stereocenters. The molecule has 0 saturated carbocycles. The molecule has 0 saturated heterocycles. The van der Waals surface area contributed by atoms with Crippen molar-refractivity contribution in [3.05, 3.63) is 57.3 Å². The molecule has 17 heavy (non-hydrogen) atoms. The van der Waals surface area contributed by atoms with E-state index in [-0.39, 0.29) is 6.04 Å². The van der Waals surface area contributed by atoms with Crippen molar-refractivity contribution in [2.45, 2.75) is 13.0 Å². The molecule has 0 aliphatic heterocycles. The Morgan fingerprint density at radius 3 is 2.41 bits per heavy atom. The van der Waals surface area contributed by atoms with Crippen LogP contribution >= 0.6 is 11.3 Å². The molecule has 0 aliphatic carbocycles. The Labute approximate surface area is 103 Å². The molecule has 1 atom stereocenters. The van der Waals surface area contributed by atoms with Crippen LogP contribution in [0.1, 0.15) is 21.4 Å². The molecule has 1 N–H and O–H groups in total. The molecule has 0 bridgehead atoms. The van der Waals surface area contributed by atoms with E-state index >= 15 is 0 Å². The fourth-order valence-corrected chi connectivity index (χ4v) is 2.79. The maximum absolute atomic E-state index is 13.2. The third kappa shape index (κ3) is 2.53. The fourth-order valence-electron chi connectivity index (χ4n) is 1.77. The molecule has 0 aliphatic rings. The first-order valence-corrected chi connectivity index (χ1v) is 6.12. The molecule has 0 radical (unpaired) electrons. The molecule has 1 aromatic heterocycles. The van der Waals surface area contributed by atoms with Crippen LogP contribution in [0.5, 0.6) is 0 Å². The molecular formula is C13H13F2NS. The van der Waals surface area contributed by atoms with Gasteiger partial charge in [-0.15, -0.1) is 11.3 Å². The summed E-state index contributed by atoms with van der Waals surface area (Å²) in [7, 11) is 1.81. The van der Waals surface area contributed by atoms with Crippen LogP contribution in [-0.4, -0.2) is 7.05 Å². The lowest BCUT2D eigenvalue weighted by Crippen LogP contribution is -2.16. The van der Waals surface area contributed by atoms with Gasteiger partial charge in [0.25, 0.3) is 0 Å². The van der Waals surface area contributed by atoms with Crippen LogP contribution in [0, 0.1) is 18.6 Å². The van der Waals surface area contributed by atoms with Gasteiger partial charge in [-0.3, -0.25) is 0 Å². The standard InChI is InChI=1S/C13H13F2NS/c1-8-3-6-12(17-8)13(16-2)9-4-5-10(14)11(15)7-9/h3-7,13,16H,1-2H3. The monoisotopic (exact) mass is 253 g/mol. The summed E-state index contributed by atoms with van der Waals surface area (Å²) in [4.78, 5) is 2.29. The van der Waals surface area contributed by atoms with E-state index in [2.05, 4.69) is 5.32 Å². The number of halogens is 2. The molecule has 2 rings (SSSR count). The Balaban J connectivity index is 2.38. The molecule has 0 spiro atoms. The van der Waals surface area contributed by atoms with Crippen molar-refractivity contribution in [1.82, 2.24) is 5.32 Å². The normalized spacial score (nSPS) is 12.7. The number of hydrogen-bond acceptors (Lipinski definition) is 2. The Morgan fingerprint density at radius 2 is 1.88 bits per heavy atom. The molecule has 0 amide bonds. The van der Waals surface area contributed by atoms with Gasteiger partial charge in [-0.1, -0.05) is 6.07 Å². The second kappa shape index (κ2) is 4.94. The first-order chi connectivity index (χ1) is 8.11. The maximum atomic E-state index is 13.2. The highest BCUT2D eigenvalue weighted by atomic mass is 32.1. The van der Waals surface area contributed by atoms with E-state index in [9.17, 15) is 8.78 Å². The summed E-state index contributed by atoms with van der Waals surface area (Å²) in [5, 5.41) is 3.12. The van der Waals surface area contributed by atoms with E-state index in [1.165, 1.54) is 10.9 Å². The van der Waals surface area contributed by atoms with Gasteiger partial charge in [0.15, 0.2) is 11.6 Å². The Kier molecular flexibility index (Phi) is 3.54. The summed E-state index contributed by atoms with van der Waals surface area (Å²) in [6, 6.07) is 7.94. The van der Waals surface area contributed by atoms with Crippen LogP contribution in [0.4, 0.5) is 8.78 Å². The van der Waals surface area contributed by atoms with Crippen LogP contribution in [-0.2, 0) is 0 Å². The number of aryl methyl sites for hydroxylation is 1. The number of rotatable bonds is 3. The lowest BCUT2D eigenvalue weighted by molar-refractivity contribution is 0.505. The topological polar surface area (TPSA) is 12.0 Å². The van der Waals surface area contributed by atoms with Gasteiger partial charge in [0, 0.05) is 9.75 Å². The summed E-state index contributed by atoms with van der Waals surface area (Å²) in [6.45, 7) is 2.02. The molecule has 1 aromatic carbocycles. The first kappa shape index (κ1) is 12.2. The second-order valence-corrected chi connectivity index (χ2v) is 5.16. The molecule has 1 heterocycles. The zero-order chi connectivity index (χ0) is 12.4. The smallest absolute Gasteiger partial charge is 0.159 e. The van der Waals surface area contributed by atoms with Crippen molar-refractivity contribution in [2.24, 2.45) is 0 Å². The summed E-state index contributed by atoms with van der Waals surface area (Å²) < 4.78 is 26.1. The zero-order valence-electron chi connectivity index (χ0n) is 9.63. The highest BCUT2D eigenvalue weighted by Gasteiger charge is 2.15. The van der Waals surface area contributed by atoms with Crippen molar-refractivity contribution < 1.29 is 8.78 Å². The van der Waals surface area contributed by atoms with E-state index in [4.69, 9.17) is 0 Å². The van der Waals surface area contributed by atoms with Crippen LogP contribution in [0.3, 0.4) is 0 Å². The maximum Gasteiger partial charge on any atom is 0.159 e. The van der Waals surface area contributed by atoms with Gasteiger partial charge >= 0.3 is 0 Å². The van der Waals surface area contributed by atoms with Gasteiger partial charge in [0.2, 0.25) is 0 Å². The number of hydrogen-bond donors (Lipinski definition) is 1. The second-order valence-electron chi connectivity index (χ2n) is 3.84. The fraction of sp³-hybridized carbons (Fsp3) is 0.231. The Bertz CT molecular complexity index is 522. The van der Waals surface area contributed by atoms with Crippen LogP contribution in [0.15, 0.2) is 30.3 Å². The summed E-state index contributed by atoms with van der Waals surface area (Å²) in [5.74, 6) is -1.62. The van der Waals surface area contributed by atoms with E-state index < -0.39 is 11.6 Å². The van der Waals surface area contributed by atoms with Crippen molar-refractivity contribution >= 4 is 11.3 Å².